The molecule has 6 N–H and O–H groups in total. The fraction of sp³-hybridized carbons (Fsp3) is 0.690. The van der Waals surface area contributed by atoms with Crippen molar-refractivity contribution in [1.82, 2.24) is 31.9 Å². The van der Waals surface area contributed by atoms with Crippen LogP contribution in [0.5, 0.6) is 0 Å². The molecule has 1 aromatic rings. The van der Waals surface area contributed by atoms with Gasteiger partial charge >= 0.3 is 12.1 Å². The Hall–Kier alpha value is -4.69. The van der Waals surface area contributed by atoms with Crippen molar-refractivity contribution in [3.63, 3.8) is 0 Å². The van der Waals surface area contributed by atoms with Crippen molar-refractivity contribution in [3.05, 3.63) is 35.9 Å². The molecule has 0 radical (unpaired) electrons. The molecule has 0 heterocycles. The minimum absolute atomic E-state index is 0.0347. The van der Waals surface area contributed by atoms with Gasteiger partial charge in [0.25, 0.3) is 0 Å². The van der Waals surface area contributed by atoms with E-state index in [1.807, 2.05) is 30.3 Å². The molecule has 0 aromatic heterocycles. The van der Waals surface area contributed by atoms with Gasteiger partial charge in [-0.15, -0.1) is 0 Å². The standard InChI is InChI=1S/C42H64N6O9/c1-25(46-39(53)33-19-11-16-30(33)22-44-37(51)27(3)48-41(55)57-42(4,5)6)35(49)43-21-29-15-10-18-32(29)38(52)47-26(2)36(50)45-23-31-17-12-20-34(31)40(54)56-24-28-13-8-7-9-14-28/h7-9,13-14,25-27,29-34H,10-12,15-24H2,1-6H3,(H,43,49)(H,44,51)(H,45,50)(H,46,53)(H,47,52)(H,48,55)/t25-,26-,27-,29+,30+,31+,32-,33-,34-/m1/s1. The van der Waals surface area contributed by atoms with Crippen LogP contribution in [0.1, 0.15) is 105 Å². The summed E-state index contributed by atoms with van der Waals surface area (Å²) in [7, 11) is 0. The van der Waals surface area contributed by atoms with Gasteiger partial charge in [0.1, 0.15) is 30.3 Å². The molecular formula is C42H64N6O9. The minimum atomic E-state index is -0.823. The first-order valence-electron chi connectivity index (χ1n) is 20.7. The highest BCUT2D eigenvalue weighted by molar-refractivity contribution is 5.90. The number of alkyl carbamates (subject to hydrolysis) is 1. The van der Waals surface area contributed by atoms with Crippen LogP contribution in [0.2, 0.25) is 0 Å². The lowest BCUT2D eigenvalue weighted by Crippen LogP contribution is -2.51. The van der Waals surface area contributed by atoms with Gasteiger partial charge in [0.05, 0.1) is 5.92 Å². The molecule has 0 saturated heterocycles. The molecule has 9 atom stereocenters. The molecule has 316 valence electrons. The zero-order chi connectivity index (χ0) is 41.7. The van der Waals surface area contributed by atoms with Crippen molar-refractivity contribution >= 4 is 41.6 Å². The van der Waals surface area contributed by atoms with Crippen LogP contribution < -0.4 is 31.9 Å². The number of rotatable bonds is 17. The second-order valence-electron chi connectivity index (χ2n) is 17.0. The Morgan fingerprint density at radius 3 is 1.44 bits per heavy atom. The maximum absolute atomic E-state index is 13.3. The van der Waals surface area contributed by atoms with Crippen LogP contribution in [0.3, 0.4) is 0 Å². The number of esters is 1. The Bertz CT molecular complexity index is 1570. The lowest BCUT2D eigenvalue weighted by atomic mass is 9.94. The molecule has 3 saturated carbocycles. The van der Waals surface area contributed by atoms with Crippen molar-refractivity contribution in [1.29, 1.82) is 0 Å². The zero-order valence-corrected chi connectivity index (χ0v) is 34.4. The fourth-order valence-electron chi connectivity index (χ4n) is 8.16. The largest absolute Gasteiger partial charge is 0.461 e. The number of carbonyl (C=O) groups is 7. The number of benzene rings is 1. The SMILES string of the molecule is C[C@@H](NC(=O)OC(C)(C)C)C(=O)NC[C@@H]1CCC[C@H]1C(=O)N[C@H](C)C(=O)NC[C@@H]1CCC[C@H]1C(=O)N[C@H](C)C(=O)NC[C@@H]1CCC[C@H]1C(=O)OCc1ccccc1. The first kappa shape index (κ1) is 45.0. The number of hydrogen-bond acceptors (Lipinski definition) is 9. The van der Waals surface area contributed by atoms with Gasteiger partial charge < -0.3 is 41.4 Å². The summed E-state index contributed by atoms with van der Waals surface area (Å²) in [4.78, 5) is 90.1. The highest BCUT2D eigenvalue weighted by Crippen LogP contribution is 2.34. The van der Waals surface area contributed by atoms with Crippen molar-refractivity contribution in [3.8, 4) is 0 Å². The molecule has 6 amide bonds. The Morgan fingerprint density at radius 1 is 0.596 bits per heavy atom. The third-order valence-corrected chi connectivity index (χ3v) is 11.4. The van der Waals surface area contributed by atoms with E-state index in [0.717, 1.165) is 44.1 Å². The summed E-state index contributed by atoms with van der Waals surface area (Å²) in [6, 6.07) is 7.09. The van der Waals surface area contributed by atoms with Gasteiger partial charge in [0.15, 0.2) is 0 Å². The van der Waals surface area contributed by atoms with Crippen LogP contribution in [0.15, 0.2) is 30.3 Å². The van der Waals surface area contributed by atoms with E-state index in [1.54, 1.807) is 41.5 Å². The molecule has 15 nitrogen and oxygen atoms in total. The molecule has 57 heavy (non-hydrogen) atoms. The molecule has 0 unspecified atom stereocenters. The minimum Gasteiger partial charge on any atom is -0.461 e. The molecule has 3 aliphatic carbocycles. The van der Waals surface area contributed by atoms with Gasteiger partial charge in [-0.25, -0.2) is 4.79 Å². The summed E-state index contributed by atoms with van der Waals surface area (Å²) in [5.74, 6) is -3.13. The molecule has 0 spiro atoms. The second kappa shape index (κ2) is 21.2. The number of amides is 6. The van der Waals surface area contributed by atoms with Gasteiger partial charge in [-0.3, -0.25) is 28.8 Å². The smallest absolute Gasteiger partial charge is 0.408 e. The number of hydrogen-bond donors (Lipinski definition) is 6. The fourth-order valence-corrected chi connectivity index (χ4v) is 8.16. The van der Waals surface area contributed by atoms with Gasteiger partial charge in [-0.2, -0.15) is 0 Å². The first-order valence-corrected chi connectivity index (χ1v) is 20.7. The third-order valence-electron chi connectivity index (χ3n) is 11.4. The van der Waals surface area contributed by atoms with Crippen molar-refractivity contribution in [2.45, 2.75) is 130 Å². The zero-order valence-electron chi connectivity index (χ0n) is 34.4. The van der Waals surface area contributed by atoms with Crippen LogP contribution >= 0.6 is 0 Å². The Labute approximate surface area is 336 Å². The summed E-state index contributed by atoms with van der Waals surface area (Å²) in [5, 5.41) is 16.8. The number of ether oxygens (including phenoxy) is 2. The summed E-state index contributed by atoms with van der Waals surface area (Å²) in [6.07, 6.45) is 6.08. The molecule has 3 aliphatic rings. The summed E-state index contributed by atoms with van der Waals surface area (Å²) >= 11 is 0. The predicted molar refractivity (Wildman–Crippen MR) is 212 cm³/mol. The second-order valence-corrected chi connectivity index (χ2v) is 17.0. The lowest BCUT2D eigenvalue weighted by molar-refractivity contribution is -0.151. The van der Waals surface area contributed by atoms with Crippen molar-refractivity contribution in [2.75, 3.05) is 19.6 Å². The third kappa shape index (κ3) is 14.0. The van der Waals surface area contributed by atoms with Crippen LogP contribution in [-0.4, -0.2) is 85.0 Å². The number of carbonyl (C=O) groups excluding carboxylic acids is 7. The van der Waals surface area contributed by atoms with E-state index in [-0.39, 0.29) is 90.7 Å². The van der Waals surface area contributed by atoms with Crippen LogP contribution in [0.25, 0.3) is 0 Å². The molecule has 0 aliphatic heterocycles. The quantitative estimate of drug-likeness (QED) is 0.128. The maximum Gasteiger partial charge on any atom is 0.408 e. The topological polar surface area (TPSA) is 210 Å². The highest BCUT2D eigenvalue weighted by atomic mass is 16.6. The van der Waals surface area contributed by atoms with Crippen LogP contribution in [0.4, 0.5) is 4.79 Å². The van der Waals surface area contributed by atoms with Gasteiger partial charge in [0, 0.05) is 31.5 Å². The summed E-state index contributed by atoms with van der Waals surface area (Å²) < 4.78 is 10.8. The van der Waals surface area contributed by atoms with Crippen molar-refractivity contribution in [2.24, 2.45) is 35.5 Å². The highest BCUT2D eigenvalue weighted by Gasteiger charge is 2.38. The molecule has 0 bridgehead atoms. The molecule has 1 aromatic carbocycles. The van der Waals surface area contributed by atoms with Gasteiger partial charge in [0.2, 0.25) is 29.5 Å². The summed E-state index contributed by atoms with van der Waals surface area (Å²) in [6.45, 7) is 11.1. The Kier molecular flexibility index (Phi) is 16.7. The Balaban J connectivity index is 1.15. The van der Waals surface area contributed by atoms with E-state index in [1.165, 1.54) is 0 Å². The average Bonchev–Trinajstić information content (AvgIpc) is 3.95. The monoisotopic (exact) mass is 796 g/mol. The van der Waals surface area contributed by atoms with E-state index < -0.39 is 29.8 Å². The predicted octanol–water partition coefficient (Wildman–Crippen LogP) is 3.25. The Morgan fingerprint density at radius 2 is 1.00 bits per heavy atom. The molecule has 3 fully saturated rings. The normalized spacial score (nSPS) is 24.6. The van der Waals surface area contributed by atoms with Crippen LogP contribution in [-0.2, 0) is 44.8 Å². The van der Waals surface area contributed by atoms with Gasteiger partial charge in [-0.1, -0.05) is 49.6 Å². The molecular weight excluding hydrogens is 732 g/mol. The average molecular weight is 797 g/mol. The van der Waals surface area contributed by atoms with E-state index in [9.17, 15) is 33.6 Å². The molecule has 4 rings (SSSR count). The van der Waals surface area contributed by atoms with E-state index in [2.05, 4.69) is 31.9 Å². The van der Waals surface area contributed by atoms with Gasteiger partial charge in [-0.05, 0) is 103 Å². The summed E-state index contributed by atoms with van der Waals surface area (Å²) in [5.41, 5.74) is 0.224. The first-order chi connectivity index (χ1) is 27.0. The molecule has 15 heteroatoms. The van der Waals surface area contributed by atoms with E-state index >= 15 is 0 Å². The van der Waals surface area contributed by atoms with E-state index in [0.29, 0.717) is 25.8 Å². The lowest BCUT2D eigenvalue weighted by Gasteiger charge is -2.25. The van der Waals surface area contributed by atoms with E-state index in [4.69, 9.17) is 9.47 Å². The maximum atomic E-state index is 13.3. The van der Waals surface area contributed by atoms with Crippen LogP contribution in [0, 0.1) is 35.5 Å². The van der Waals surface area contributed by atoms with Crippen molar-refractivity contribution < 1.29 is 43.0 Å². The number of nitrogens with one attached hydrogen (secondary N) is 6.